The third kappa shape index (κ3) is 1.95. The van der Waals surface area contributed by atoms with Gasteiger partial charge in [0.25, 0.3) is 5.91 Å². The van der Waals surface area contributed by atoms with Crippen molar-refractivity contribution in [2.24, 2.45) is 7.05 Å². The van der Waals surface area contributed by atoms with Gasteiger partial charge < -0.3 is 9.88 Å². The van der Waals surface area contributed by atoms with Crippen LogP contribution in [0.1, 0.15) is 15.4 Å². The van der Waals surface area contributed by atoms with Crippen molar-refractivity contribution in [2.45, 2.75) is 6.54 Å². The maximum absolute atomic E-state index is 12.1. The highest BCUT2D eigenvalue weighted by atomic mass is 32.1. The summed E-state index contributed by atoms with van der Waals surface area (Å²) in [4.78, 5) is 13.3. The van der Waals surface area contributed by atoms with Gasteiger partial charge in [0, 0.05) is 11.9 Å². The maximum Gasteiger partial charge on any atom is 0.268 e. The molecule has 0 fully saturated rings. The minimum atomic E-state index is -0.0192. The summed E-state index contributed by atoms with van der Waals surface area (Å²) in [6.45, 7) is 0.593. The summed E-state index contributed by atoms with van der Waals surface area (Å²) >= 11 is 3.31. The van der Waals surface area contributed by atoms with E-state index in [1.807, 2.05) is 46.6 Å². The van der Waals surface area contributed by atoms with Crippen LogP contribution >= 0.6 is 22.7 Å². The first-order valence-electron chi connectivity index (χ1n) is 5.59. The summed E-state index contributed by atoms with van der Waals surface area (Å²) in [6.07, 6.45) is 0. The fourth-order valence-electron chi connectivity index (χ4n) is 1.94. The molecule has 0 aromatic carbocycles. The van der Waals surface area contributed by atoms with Crippen molar-refractivity contribution in [3.8, 4) is 0 Å². The van der Waals surface area contributed by atoms with Crippen LogP contribution in [0.25, 0.3) is 10.2 Å². The molecule has 92 valence electrons. The minimum absolute atomic E-state index is 0.0192. The average molecular weight is 276 g/mol. The molecule has 5 heteroatoms. The first-order valence-corrected chi connectivity index (χ1v) is 7.35. The monoisotopic (exact) mass is 276 g/mol. The van der Waals surface area contributed by atoms with E-state index in [0.717, 1.165) is 10.2 Å². The quantitative estimate of drug-likeness (QED) is 0.783. The molecule has 1 N–H and O–H groups in total. The van der Waals surface area contributed by atoms with Crippen LogP contribution in [0.5, 0.6) is 0 Å². The smallest absolute Gasteiger partial charge is 0.268 e. The number of carbonyl (C=O) groups excluding carboxylic acids is 1. The highest BCUT2D eigenvalue weighted by molar-refractivity contribution is 7.17. The Morgan fingerprint density at radius 3 is 2.94 bits per heavy atom. The molecule has 3 aromatic heterocycles. The first-order chi connectivity index (χ1) is 8.75. The van der Waals surface area contributed by atoms with Crippen molar-refractivity contribution >= 4 is 38.8 Å². The summed E-state index contributed by atoms with van der Waals surface area (Å²) in [5, 5.41) is 7.00. The van der Waals surface area contributed by atoms with E-state index in [0.29, 0.717) is 12.2 Å². The Balaban J connectivity index is 1.79. The number of amides is 1. The van der Waals surface area contributed by atoms with Crippen molar-refractivity contribution in [3.63, 3.8) is 0 Å². The Labute approximate surface area is 113 Å². The van der Waals surface area contributed by atoms with Gasteiger partial charge in [0.15, 0.2) is 0 Å². The highest BCUT2D eigenvalue weighted by Crippen LogP contribution is 2.24. The van der Waals surface area contributed by atoms with E-state index < -0.39 is 0 Å². The fourth-order valence-corrected chi connectivity index (χ4v) is 3.43. The normalized spacial score (nSPS) is 10.9. The average Bonchev–Trinajstić information content (AvgIpc) is 3.05. The van der Waals surface area contributed by atoms with Gasteiger partial charge in [0.2, 0.25) is 0 Å². The molecule has 3 aromatic rings. The standard InChI is InChI=1S/C13H12N2OS2/c1-15-10-4-6-18-12(10)7-11(15)13(16)14-8-9-3-2-5-17-9/h2-7H,8H2,1H3,(H,14,16). The lowest BCUT2D eigenvalue weighted by Gasteiger charge is -2.05. The largest absolute Gasteiger partial charge is 0.346 e. The van der Waals surface area contributed by atoms with Crippen molar-refractivity contribution in [1.29, 1.82) is 0 Å². The molecule has 3 rings (SSSR count). The number of hydrogen-bond acceptors (Lipinski definition) is 3. The molecule has 0 unspecified atom stereocenters. The molecule has 0 saturated heterocycles. The molecule has 0 aliphatic rings. The van der Waals surface area contributed by atoms with Crippen molar-refractivity contribution < 1.29 is 4.79 Å². The third-order valence-corrected chi connectivity index (χ3v) is 4.63. The second kappa shape index (κ2) is 4.59. The summed E-state index contributed by atoms with van der Waals surface area (Å²) in [6, 6.07) is 8.00. The number of rotatable bonds is 3. The molecule has 0 aliphatic heterocycles. The highest BCUT2D eigenvalue weighted by Gasteiger charge is 2.13. The van der Waals surface area contributed by atoms with Crippen LogP contribution in [0, 0.1) is 0 Å². The third-order valence-electron chi connectivity index (χ3n) is 2.90. The van der Waals surface area contributed by atoms with Crippen LogP contribution < -0.4 is 5.32 Å². The number of nitrogens with zero attached hydrogens (tertiary/aromatic N) is 1. The van der Waals surface area contributed by atoms with Gasteiger partial charge in [-0.15, -0.1) is 22.7 Å². The molecule has 0 saturated carbocycles. The molecular weight excluding hydrogens is 264 g/mol. The maximum atomic E-state index is 12.1. The number of hydrogen-bond donors (Lipinski definition) is 1. The Morgan fingerprint density at radius 2 is 2.22 bits per heavy atom. The van der Waals surface area contributed by atoms with E-state index >= 15 is 0 Å². The summed E-state index contributed by atoms with van der Waals surface area (Å²) in [5.74, 6) is -0.0192. The second-order valence-electron chi connectivity index (χ2n) is 4.02. The topological polar surface area (TPSA) is 34.0 Å². The lowest BCUT2D eigenvalue weighted by atomic mass is 10.4. The van der Waals surface area contributed by atoms with Crippen LogP contribution in [0.15, 0.2) is 35.0 Å². The Hall–Kier alpha value is -1.59. The van der Waals surface area contributed by atoms with Crippen LogP contribution in [0.4, 0.5) is 0 Å². The Kier molecular flexibility index (Phi) is 2.93. The van der Waals surface area contributed by atoms with Gasteiger partial charge in [0.05, 0.1) is 16.8 Å². The minimum Gasteiger partial charge on any atom is -0.346 e. The van der Waals surface area contributed by atoms with E-state index in [1.54, 1.807) is 22.7 Å². The predicted molar refractivity (Wildman–Crippen MR) is 76.3 cm³/mol. The molecule has 0 radical (unpaired) electrons. The molecule has 0 spiro atoms. The van der Waals surface area contributed by atoms with E-state index in [-0.39, 0.29) is 5.91 Å². The van der Waals surface area contributed by atoms with Gasteiger partial charge >= 0.3 is 0 Å². The van der Waals surface area contributed by atoms with E-state index in [1.165, 1.54) is 4.88 Å². The zero-order chi connectivity index (χ0) is 12.5. The van der Waals surface area contributed by atoms with Crippen molar-refractivity contribution in [2.75, 3.05) is 0 Å². The lowest BCUT2D eigenvalue weighted by Crippen LogP contribution is -2.24. The van der Waals surface area contributed by atoms with Gasteiger partial charge in [-0.05, 0) is 29.0 Å². The van der Waals surface area contributed by atoms with Gasteiger partial charge in [0.1, 0.15) is 5.69 Å². The number of aromatic nitrogens is 1. The zero-order valence-corrected chi connectivity index (χ0v) is 11.5. The number of fused-ring (bicyclic) bond motifs is 1. The molecule has 0 aliphatic carbocycles. The van der Waals surface area contributed by atoms with E-state index in [2.05, 4.69) is 5.32 Å². The summed E-state index contributed by atoms with van der Waals surface area (Å²) < 4.78 is 3.09. The molecule has 0 atom stereocenters. The second-order valence-corrected chi connectivity index (χ2v) is 6.00. The molecule has 0 bridgehead atoms. The van der Waals surface area contributed by atoms with Crippen molar-refractivity contribution in [3.05, 3.63) is 45.6 Å². The van der Waals surface area contributed by atoms with Gasteiger partial charge in [-0.2, -0.15) is 0 Å². The summed E-state index contributed by atoms with van der Waals surface area (Å²) in [5.41, 5.74) is 1.83. The van der Waals surface area contributed by atoms with Gasteiger partial charge in [-0.25, -0.2) is 0 Å². The van der Waals surface area contributed by atoms with E-state index in [4.69, 9.17) is 0 Å². The van der Waals surface area contributed by atoms with Crippen LogP contribution in [0.2, 0.25) is 0 Å². The molecular formula is C13H12N2OS2. The van der Waals surface area contributed by atoms with Crippen LogP contribution in [0.3, 0.4) is 0 Å². The number of thiophene rings is 2. The molecule has 1 amide bonds. The molecule has 3 nitrogen and oxygen atoms in total. The van der Waals surface area contributed by atoms with Gasteiger partial charge in [-0.3, -0.25) is 4.79 Å². The Bertz CT molecular complexity index is 679. The zero-order valence-electron chi connectivity index (χ0n) is 9.84. The SMILES string of the molecule is Cn1c(C(=O)NCc2cccs2)cc2sccc21. The molecule has 18 heavy (non-hydrogen) atoms. The van der Waals surface area contributed by atoms with Crippen LogP contribution in [-0.2, 0) is 13.6 Å². The summed E-state index contributed by atoms with van der Waals surface area (Å²) in [7, 11) is 1.93. The Morgan fingerprint density at radius 1 is 1.33 bits per heavy atom. The van der Waals surface area contributed by atoms with Crippen LogP contribution in [-0.4, -0.2) is 10.5 Å². The van der Waals surface area contributed by atoms with E-state index in [9.17, 15) is 4.79 Å². The number of nitrogens with one attached hydrogen (secondary N) is 1. The van der Waals surface area contributed by atoms with Gasteiger partial charge in [-0.1, -0.05) is 6.07 Å². The first kappa shape index (κ1) is 11.5. The molecule has 3 heterocycles. The number of aryl methyl sites for hydroxylation is 1. The predicted octanol–water partition coefficient (Wildman–Crippen LogP) is 3.23. The van der Waals surface area contributed by atoms with Crippen molar-refractivity contribution in [1.82, 2.24) is 9.88 Å². The fraction of sp³-hybridized carbons (Fsp3) is 0.154. The number of carbonyl (C=O) groups is 1. The lowest BCUT2D eigenvalue weighted by molar-refractivity contribution is 0.0943.